The minimum atomic E-state index is -3.14. The van der Waals surface area contributed by atoms with Gasteiger partial charge in [0.1, 0.15) is 0 Å². The van der Waals surface area contributed by atoms with Gasteiger partial charge in [0, 0.05) is 0 Å². The Morgan fingerprint density at radius 3 is 0.375 bits per heavy atom. The molecule has 3 N–H and O–H groups in total. The Labute approximate surface area is 215 Å². The van der Waals surface area contributed by atoms with Crippen LogP contribution in [0.2, 0.25) is 0 Å². The third-order valence-electron chi connectivity index (χ3n) is 0. The Morgan fingerprint density at radius 2 is 0.375 bits per heavy atom. The molecule has 0 spiro atoms. The first-order valence-electron chi connectivity index (χ1n) is 0.775. The van der Waals surface area contributed by atoms with Crippen LogP contribution in [0.4, 0.5) is 0 Å². The van der Waals surface area contributed by atoms with Gasteiger partial charge in [-0.3, -0.25) is 0 Å². The van der Waals surface area contributed by atoms with E-state index < -0.39 is 15.1 Å². The first-order chi connectivity index (χ1) is 1.73. The van der Waals surface area contributed by atoms with Crippen LogP contribution >= 0.6 is 0 Å². The molecule has 0 unspecified atom stereocenters. The quantitative estimate of drug-likeness (QED) is 0.283. The maximum absolute atomic E-state index is 7.31. The summed E-state index contributed by atoms with van der Waals surface area (Å²) in [7, 11) is 0. The van der Waals surface area contributed by atoms with Crippen molar-refractivity contribution in [3.8, 4) is 0 Å². The van der Waals surface area contributed by atoms with Crippen molar-refractivity contribution < 1.29 is 138 Å². The molecule has 0 bridgehead atoms. The van der Waals surface area contributed by atoms with Gasteiger partial charge < -0.3 is 79.3 Å². The zero-order valence-electron chi connectivity index (χ0n) is 12.4. The average molecular weight is 634 g/mol. The average Bonchev–Trinajstić information content (AvgIpc) is 0.811. The van der Waals surface area contributed by atoms with Crippen molar-refractivity contribution in [2.75, 3.05) is 0 Å². The maximum atomic E-state index is 7.31. The molecule has 7 heteroatoms. The van der Waals surface area contributed by atoms with Crippen molar-refractivity contribution in [1.82, 2.24) is 0 Å². The Bertz CT molecular complexity index is 30.7. The molecule has 0 atom stereocenters. The molecule has 3 radical (unpaired) electrons. The van der Waals surface area contributed by atoms with E-state index in [-0.39, 0.29) is 192 Å². The van der Waals surface area contributed by atoms with E-state index in [0.29, 0.717) is 0 Å². The summed E-state index contributed by atoms with van der Waals surface area (Å²) in [5.74, 6) is 0. The van der Waals surface area contributed by atoms with Crippen LogP contribution in [0.3, 0.4) is 0 Å². The first kappa shape index (κ1) is 138. The second kappa shape index (κ2) is 118. The van der Waals surface area contributed by atoms with Crippen molar-refractivity contribution >= 4 is 15.1 Å². The van der Waals surface area contributed by atoms with Gasteiger partial charge in [0.2, 0.25) is 0 Å². The fourth-order valence-electron chi connectivity index (χ4n) is 0. The summed E-state index contributed by atoms with van der Waals surface area (Å²) in [6.07, 6.45) is 0. The molecule has 0 rings (SSSR count). The van der Waals surface area contributed by atoms with E-state index in [9.17, 15) is 0 Å². The second-order valence-corrected chi connectivity index (χ2v) is 1.04. The van der Waals surface area contributed by atoms with E-state index in [0.717, 1.165) is 0 Å². The summed E-state index contributed by atoms with van der Waals surface area (Å²) in [4.78, 5) is 0. The fourth-order valence-corrected chi connectivity index (χ4v) is 0. The molecule has 0 fully saturated rings. The van der Waals surface area contributed by atoms with Crippen LogP contribution in [0.1, 0.15) is 0 Å². The topological polar surface area (TPSA) is 60.7 Å². The Hall–Kier alpha value is 4.54. The molecule has 0 heterocycles. The van der Waals surface area contributed by atoms with E-state index >= 15 is 0 Å². The zero-order chi connectivity index (χ0) is 3.58. The SMILES string of the molecule is [CH3-].[CH3-].[CH3-].[CH3-].[CH3-].[CH3-].[CH3-].[CH3-].[CH3-].[Ce+3].[Ce+3].[Ce+3].[OH][Al]([OH])[OH]. The molecule has 0 aliphatic rings. The molecule has 0 saturated carbocycles. The molecule has 0 aromatic carbocycles. The van der Waals surface area contributed by atoms with Crippen molar-refractivity contribution in [1.29, 1.82) is 0 Å². The molecule has 0 aliphatic carbocycles. The second-order valence-electron chi connectivity index (χ2n) is 0.346. The van der Waals surface area contributed by atoms with E-state index in [4.69, 9.17) is 12.5 Å². The normalized spacial score (nSPS) is 1.69. The largest absolute Gasteiger partial charge is 3.00 e. The van der Waals surface area contributed by atoms with E-state index in [2.05, 4.69) is 0 Å². The van der Waals surface area contributed by atoms with Gasteiger partial charge >= 0.3 is 140 Å². The standard InChI is InChI=1S/9CH3.Al.3Ce.3H2O/h9*1H3;;;;;3*1H2/q9*-1;4*+3;;;/p-3. The van der Waals surface area contributed by atoms with Gasteiger partial charge in [-0.1, -0.05) is 0 Å². The first-order valence-corrected chi connectivity index (χ1v) is 2.32. The number of rotatable bonds is 0. The van der Waals surface area contributed by atoms with Crippen molar-refractivity contribution in [2.24, 2.45) is 0 Å². The minimum Gasteiger partial charge on any atom is -0.469 e. The minimum absolute atomic E-state index is 0. The molecule has 3 nitrogen and oxygen atoms in total. The predicted octanol–water partition coefficient (Wildman–Crippen LogP) is 2.00. The third kappa shape index (κ3) is 277. The smallest absolute Gasteiger partial charge is 0.469 e. The summed E-state index contributed by atoms with van der Waals surface area (Å²) in [6.45, 7) is 0. The van der Waals surface area contributed by atoms with Gasteiger partial charge in [0.25, 0.3) is 0 Å². The molecule has 0 aromatic heterocycles. The Morgan fingerprint density at radius 1 is 0.375 bits per heavy atom. The Kier molecular flexibility index (Phi) is 1020. The molecule has 16 heavy (non-hydrogen) atoms. The van der Waals surface area contributed by atoms with Crippen LogP contribution in [0, 0.1) is 192 Å². The maximum Gasteiger partial charge on any atom is 3.00 e. The molecule has 99 valence electrons. The molecule has 0 amide bonds. The van der Waals surface area contributed by atoms with Crippen LogP contribution in [0.25, 0.3) is 0 Å². The van der Waals surface area contributed by atoms with Gasteiger partial charge in [0.05, 0.1) is 0 Å². The fraction of sp³-hybridized carbons (Fsp3) is 0. The summed E-state index contributed by atoms with van der Waals surface area (Å²) < 4.78 is 21.9. The monoisotopic (exact) mass is 633 g/mol. The molecule has 0 saturated heterocycles. The van der Waals surface area contributed by atoms with E-state index in [1.165, 1.54) is 0 Å². The van der Waals surface area contributed by atoms with Gasteiger partial charge in [0.15, 0.2) is 0 Å². The van der Waals surface area contributed by atoms with Gasteiger partial charge in [-0.25, -0.2) is 0 Å². The molecule has 0 aromatic rings. The van der Waals surface area contributed by atoms with Gasteiger partial charge in [-0.15, -0.1) is 0 Å². The molecular weight excluding hydrogens is 603 g/mol. The Balaban J connectivity index is -0.000000000682. The van der Waals surface area contributed by atoms with Gasteiger partial charge in [-0.2, -0.15) is 0 Å². The van der Waals surface area contributed by atoms with Crippen molar-refractivity contribution in [3.05, 3.63) is 66.8 Å². The van der Waals surface area contributed by atoms with Crippen LogP contribution in [-0.4, -0.2) is 27.6 Å². The summed E-state index contributed by atoms with van der Waals surface area (Å²) in [5, 5.41) is 0. The molecular formula is C9H30AlCe3O3. The van der Waals surface area contributed by atoms with E-state index in [1.807, 2.05) is 0 Å². The predicted molar refractivity (Wildman–Crippen MR) is 70.1 cm³/mol. The number of hydrogen-bond donors (Lipinski definition) is 3. The zero-order valence-corrected chi connectivity index (χ0v) is 23.0. The van der Waals surface area contributed by atoms with Crippen LogP contribution in [-0.2, 0) is 0 Å². The van der Waals surface area contributed by atoms with Crippen molar-refractivity contribution in [2.45, 2.75) is 0 Å². The third-order valence-corrected chi connectivity index (χ3v) is 0. The van der Waals surface area contributed by atoms with Crippen LogP contribution in [0.15, 0.2) is 0 Å². The van der Waals surface area contributed by atoms with Gasteiger partial charge in [-0.05, 0) is 0 Å². The van der Waals surface area contributed by atoms with Crippen LogP contribution in [0.5, 0.6) is 0 Å². The summed E-state index contributed by atoms with van der Waals surface area (Å²) in [5.41, 5.74) is 0. The number of hydrogen-bond acceptors (Lipinski definition) is 3. The van der Waals surface area contributed by atoms with Crippen molar-refractivity contribution in [3.63, 3.8) is 0 Å². The summed E-state index contributed by atoms with van der Waals surface area (Å²) >= 11 is -3.14. The summed E-state index contributed by atoms with van der Waals surface area (Å²) in [6, 6.07) is 0. The van der Waals surface area contributed by atoms with E-state index in [1.54, 1.807) is 0 Å². The van der Waals surface area contributed by atoms with Crippen LogP contribution < -0.4 is 0 Å². The molecule has 0 aliphatic heterocycles.